The van der Waals surface area contributed by atoms with E-state index < -0.39 is 0 Å². The molecule has 0 fully saturated rings. The SMILES string of the molecule is Cc1cc(C)c(NCc2cc(F)ccc2O)c(Br)c1. The number of halogens is 2. The molecule has 0 aliphatic rings. The maximum Gasteiger partial charge on any atom is 0.123 e. The average Bonchev–Trinajstić information content (AvgIpc) is 2.32. The molecule has 0 aliphatic carbocycles. The van der Waals surface area contributed by atoms with Gasteiger partial charge in [0.15, 0.2) is 0 Å². The van der Waals surface area contributed by atoms with E-state index in [0.29, 0.717) is 12.1 Å². The highest BCUT2D eigenvalue weighted by Gasteiger charge is 2.07. The normalized spacial score (nSPS) is 10.5. The Balaban J connectivity index is 2.21. The summed E-state index contributed by atoms with van der Waals surface area (Å²) in [6.45, 7) is 4.40. The number of hydrogen-bond donors (Lipinski definition) is 2. The number of benzene rings is 2. The van der Waals surface area contributed by atoms with Crippen LogP contribution >= 0.6 is 15.9 Å². The van der Waals surface area contributed by atoms with Crippen LogP contribution in [0.15, 0.2) is 34.8 Å². The van der Waals surface area contributed by atoms with Crippen LogP contribution in [-0.4, -0.2) is 5.11 Å². The van der Waals surface area contributed by atoms with Gasteiger partial charge in [-0.3, -0.25) is 0 Å². The van der Waals surface area contributed by atoms with E-state index in [0.717, 1.165) is 15.7 Å². The fourth-order valence-electron chi connectivity index (χ4n) is 2.02. The summed E-state index contributed by atoms with van der Waals surface area (Å²) in [7, 11) is 0. The van der Waals surface area contributed by atoms with Gasteiger partial charge < -0.3 is 10.4 Å². The molecule has 2 aromatic rings. The van der Waals surface area contributed by atoms with E-state index in [9.17, 15) is 9.50 Å². The van der Waals surface area contributed by atoms with Crippen LogP contribution in [0.5, 0.6) is 5.75 Å². The molecule has 0 heterocycles. The third kappa shape index (κ3) is 3.26. The van der Waals surface area contributed by atoms with Crippen molar-refractivity contribution < 1.29 is 9.50 Å². The molecule has 0 spiro atoms. The van der Waals surface area contributed by atoms with Gasteiger partial charge in [-0.05, 0) is 65.2 Å². The summed E-state index contributed by atoms with van der Waals surface area (Å²) in [5, 5.41) is 12.9. The molecule has 2 N–H and O–H groups in total. The first-order valence-electron chi connectivity index (χ1n) is 5.95. The molecule has 0 saturated heterocycles. The first-order chi connectivity index (χ1) is 8.97. The molecule has 0 aliphatic heterocycles. The van der Waals surface area contributed by atoms with E-state index in [1.54, 1.807) is 0 Å². The van der Waals surface area contributed by atoms with Crippen molar-refractivity contribution in [3.05, 3.63) is 57.3 Å². The van der Waals surface area contributed by atoms with Crippen molar-refractivity contribution in [2.24, 2.45) is 0 Å². The van der Waals surface area contributed by atoms with Gasteiger partial charge in [0.1, 0.15) is 11.6 Å². The Morgan fingerprint density at radius 1 is 1.21 bits per heavy atom. The molecule has 19 heavy (non-hydrogen) atoms. The monoisotopic (exact) mass is 323 g/mol. The highest BCUT2D eigenvalue weighted by atomic mass is 79.9. The van der Waals surface area contributed by atoms with Crippen molar-refractivity contribution in [2.45, 2.75) is 20.4 Å². The van der Waals surface area contributed by atoms with Crippen LogP contribution in [0, 0.1) is 19.7 Å². The lowest BCUT2D eigenvalue weighted by Crippen LogP contribution is -2.03. The predicted octanol–water partition coefficient (Wildman–Crippen LogP) is 4.52. The maximum absolute atomic E-state index is 13.1. The summed E-state index contributed by atoms with van der Waals surface area (Å²) in [4.78, 5) is 0. The fraction of sp³-hybridized carbons (Fsp3) is 0.200. The molecule has 0 saturated carbocycles. The largest absolute Gasteiger partial charge is 0.508 e. The molecule has 2 aromatic carbocycles. The molecule has 0 amide bonds. The molecular weight excluding hydrogens is 309 g/mol. The van der Waals surface area contributed by atoms with Gasteiger partial charge in [-0.25, -0.2) is 4.39 Å². The van der Waals surface area contributed by atoms with Crippen molar-refractivity contribution in [1.82, 2.24) is 0 Å². The van der Waals surface area contributed by atoms with Crippen LogP contribution in [0.25, 0.3) is 0 Å². The van der Waals surface area contributed by atoms with Crippen molar-refractivity contribution >= 4 is 21.6 Å². The molecule has 100 valence electrons. The standard InChI is InChI=1S/C15H15BrFNO/c1-9-5-10(2)15(13(16)6-9)18-8-11-7-12(17)3-4-14(11)19/h3-7,18-19H,8H2,1-2H3. The Hall–Kier alpha value is -1.55. The van der Waals surface area contributed by atoms with Gasteiger partial charge in [0.25, 0.3) is 0 Å². The number of rotatable bonds is 3. The van der Waals surface area contributed by atoms with E-state index >= 15 is 0 Å². The lowest BCUT2D eigenvalue weighted by molar-refractivity contribution is 0.466. The van der Waals surface area contributed by atoms with E-state index in [2.05, 4.69) is 27.3 Å². The highest BCUT2D eigenvalue weighted by molar-refractivity contribution is 9.10. The third-order valence-corrected chi connectivity index (χ3v) is 3.55. The van der Waals surface area contributed by atoms with Crippen LogP contribution in [0.2, 0.25) is 0 Å². The van der Waals surface area contributed by atoms with Crippen LogP contribution in [0.4, 0.5) is 10.1 Å². The first-order valence-corrected chi connectivity index (χ1v) is 6.74. The molecule has 0 radical (unpaired) electrons. The van der Waals surface area contributed by atoms with Gasteiger partial charge in [0, 0.05) is 16.6 Å². The van der Waals surface area contributed by atoms with Crippen molar-refractivity contribution in [3.8, 4) is 5.75 Å². The summed E-state index contributed by atoms with van der Waals surface area (Å²) in [5.41, 5.74) is 3.76. The lowest BCUT2D eigenvalue weighted by atomic mass is 10.1. The van der Waals surface area contributed by atoms with E-state index in [1.807, 2.05) is 19.9 Å². The van der Waals surface area contributed by atoms with Gasteiger partial charge in [-0.2, -0.15) is 0 Å². The van der Waals surface area contributed by atoms with Gasteiger partial charge in [-0.15, -0.1) is 0 Å². The summed E-state index contributed by atoms with van der Waals surface area (Å²) >= 11 is 3.51. The van der Waals surface area contributed by atoms with E-state index in [1.165, 1.54) is 23.8 Å². The average molecular weight is 324 g/mol. The topological polar surface area (TPSA) is 32.3 Å². The molecule has 0 bridgehead atoms. The van der Waals surface area contributed by atoms with Gasteiger partial charge >= 0.3 is 0 Å². The molecule has 0 aromatic heterocycles. The Labute approximate surface area is 120 Å². The zero-order valence-corrected chi connectivity index (χ0v) is 12.4. The van der Waals surface area contributed by atoms with Crippen LogP contribution in [0.1, 0.15) is 16.7 Å². The second-order valence-corrected chi connectivity index (χ2v) is 5.42. The van der Waals surface area contributed by atoms with Gasteiger partial charge in [0.05, 0.1) is 5.69 Å². The Bertz CT molecular complexity index is 590. The first kappa shape index (κ1) is 13.9. The molecule has 2 rings (SSSR count). The van der Waals surface area contributed by atoms with Gasteiger partial charge in [0.2, 0.25) is 0 Å². The van der Waals surface area contributed by atoms with Crippen LogP contribution < -0.4 is 5.32 Å². The quantitative estimate of drug-likeness (QED) is 0.870. The van der Waals surface area contributed by atoms with Crippen molar-refractivity contribution in [1.29, 1.82) is 0 Å². The highest BCUT2D eigenvalue weighted by Crippen LogP contribution is 2.29. The predicted molar refractivity (Wildman–Crippen MR) is 79.0 cm³/mol. The zero-order valence-electron chi connectivity index (χ0n) is 10.8. The number of anilines is 1. The minimum atomic E-state index is -0.353. The van der Waals surface area contributed by atoms with E-state index in [-0.39, 0.29) is 11.6 Å². The summed E-state index contributed by atoms with van der Waals surface area (Å²) in [5.74, 6) is -0.260. The number of aromatic hydroxyl groups is 1. The number of nitrogens with one attached hydrogen (secondary N) is 1. The smallest absolute Gasteiger partial charge is 0.123 e. The lowest BCUT2D eigenvalue weighted by Gasteiger charge is -2.13. The molecule has 4 heteroatoms. The number of hydrogen-bond acceptors (Lipinski definition) is 2. The van der Waals surface area contributed by atoms with Crippen molar-refractivity contribution in [3.63, 3.8) is 0 Å². The number of aryl methyl sites for hydroxylation is 2. The zero-order chi connectivity index (χ0) is 14.0. The molecule has 0 unspecified atom stereocenters. The summed E-state index contributed by atoms with van der Waals surface area (Å²) < 4.78 is 14.1. The number of phenolic OH excluding ortho intramolecular Hbond substituents is 1. The number of phenols is 1. The second kappa shape index (κ2) is 5.61. The third-order valence-electron chi connectivity index (χ3n) is 2.93. The minimum Gasteiger partial charge on any atom is -0.508 e. The Morgan fingerprint density at radius 2 is 1.95 bits per heavy atom. The van der Waals surface area contributed by atoms with Crippen LogP contribution in [-0.2, 0) is 6.54 Å². The Morgan fingerprint density at radius 3 is 2.63 bits per heavy atom. The second-order valence-electron chi connectivity index (χ2n) is 4.57. The molecule has 0 atom stereocenters. The Kier molecular flexibility index (Phi) is 4.10. The van der Waals surface area contributed by atoms with Gasteiger partial charge in [-0.1, -0.05) is 6.07 Å². The van der Waals surface area contributed by atoms with Crippen molar-refractivity contribution in [2.75, 3.05) is 5.32 Å². The summed E-state index contributed by atoms with van der Waals surface area (Å²) in [6, 6.07) is 8.02. The van der Waals surface area contributed by atoms with E-state index in [4.69, 9.17) is 0 Å². The maximum atomic E-state index is 13.1. The molecule has 2 nitrogen and oxygen atoms in total. The fourth-order valence-corrected chi connectivity index (χ4v) is 2.83. The minimum absolute atomic E-state index is 0.0924. The molecular formula is C15H15BrFNO. The summed E-state index contributed by atoms with van der Waals surface area (Å²) in [6.07, 6.45) is 0. The van der Waals surface area contributed by atoms with Crippen LogP contribution in [0.3, 0.4) is 0 Å².